The van der Waals surface area contributed by atoms with Gasteiger partial charge in [0, 0.05) is 15.5 Å². The predicted molar refractivity (Wildman–Crippen MR) is 123 cm³/mol. The number of thiocarbonyl (C=S) groups is 1. The van der Waals surface area contributed by atoms with Crippen LogP contribution in [0.3, 0.4) is 0 Å². The van der Waals surface area contributed by atoms with Gasteiger partial charge in [0.05, 0.1) is 32.7 Å². The molecule has 6 heteroatoms. The molecule has 0 bridgehead atoms. The standard InChI is InChI=1S/C21H29N3S3/c1-26-19-9-6-8-18(16-19)22-21(25)24(17-20-10-7-15-27-20)14-13-23-11-4-2-3-5-12-23/h6-10,15-16H,2-5,11-14,17H2,1H3,(H,22,25)/p+1. The molecule has 1 aromatic carbocycles. The molecule has 0 amide bonds. The molecule has 27 heavy (non-hydrogen) atoms. The molecule has 1 fully saturated rings. The van der Waals surface area contributed by atoms with Crippen molar-refractivity contribution < 1.29 is 4.90 Å². The minimum Gasteiger partial charge on any atom is -0.338 e. The summed E-state index contributed by atoms with van der Waals surface area (Å²) in [6, 6.07) is 12.8. The van der Waals surface area contributed by atoms with Gasteiger partial charge in [-0.05, 0) is 73.8 Å². The van der Waals surface area contributed by atoms with Crippen molar-refractivity contribution in [2.45, 2.75) is 37.1 Å². The SMILES string of the molecule is CSc1cccc(NC(=S)N(CC[NH+]2CCCCCC2)Cc2cccs2)c1. The van der Waals surface area contributed by atoms with Gasteiger partial charge >= 0.3 is 0 Å². The van der Waals surface area contributed by atoms with Crippen LogP contribution in [0.4, 0.5) is 5.69 Å². The van der Waals surface area contributed by atoms with E-state index >= 15 is 0 Å². The topological polar surface area (TPSA) is 19.7 Å². The molecule has 0 aliphatic carbocycles. The molecule has 0 saturated carbocycles. The third kappa shape index (κ3) is 6.79. The van der Waals surface area contributed by atoms with E-state index in [-0.39, 0.29) is 0 Å². The first-order valence-electron chi connectivity index (χ1n) is 9.80. The number of nitrogens with zero attached hydrogens (tertiary/aromatic N) is 1. The maximum atomic E-state index is 5.81. The molecule has 2 aromatic rings. The highest BCUT2D eigenvalue weighted by Gasteiger charge is 2.17. The quantitative estimate of drug-likeness (QED) is 0.518. The normalized spacial score (nSPS) is 15.3. The Morgan fingerprint density at radius 2 is 2.00 bits per heavy atom. The van der Waals surface area contributed by atoms with E-state index in [1.807, 2.05) is 0 Å². The fraction of sp³-hybridized carbons (Fsp3) is 0.476. The summed E-state index contributed by atoms with van der Waals surface area (Å²) in [5.41, 5.74) is 1.07. The third-order valence-electron chi connectivity index (χ3n) is 5.08. The molecule has 2 N–H and O–H groups in total. The van der Waals surface area contributed by atoms with Crippen LogP contribution in [-0.2, 0) is 6.54 Å². The van der Waals surface area contributed by atoms with E-state index in [9.17, 15) is 0 Å². The number of benzene rings is 1. The Morgan fingerprint density at radius 1 is 1.19 bits per heavy atom. The van der Waals surface area contributed by atoms with Gasteiger partial charge in [0.2, 0.25) is 0 Å². The van der Waals surface area contributed by atoms with E-state index in [2.05, 4.69) is 58.3 Å². The molecule has 1 aliphatic rings. The second kappa shape index (κ2) is 11.1. The zero-order valence-corrected chi connectivity index (χ0v) is 18.5. The minimum atomic E-state index is 0.830. The Bertz CT molecular complexity index is 694. The lowest BCUT2D eigenvalue weighted by atomic mass is 10.2. The van der Waals surface area contributed by atoms with Crippen molar-refractivity contribution in [3.8, 4) is 0 Å². The summed E-state index contributed by atoms with van der Waals surface area (Å²) >= 11 is 9.37. The fourth-order valence-electron chi connectivity index (χ4n) is 3.52. The lowest BCUT2D eigenvalue weighted by Crippen LogP contribution is -3.12. The van der Waals surface area contributed by atoms with Crippen molar-refractivity contribution in [3.05, 3.63) is 46.7 Å². The number of nitrogens with one attached hydrogen (secondary N) is 2. The van der Waals surface area contributed by atoms with E-state index in [1.165, 1.54) is 48.5 Å². The summed E-state index contributed by atoms with van der Waals surface area (Å²) in [7, 11) is 0. The molecular weight excluding hydrogens is 390 g/mol. The number of hydrogen-bond acceptors (Lipinski definition) is 3. The van der Waals surface area contributed by atoms with Crippen LogP contribution in [0.25, 0.3) is 0 Å². The van der Waals surface area contributed by atoms with Crippen molar-refractivity contribution in [2.75, 3.05) is 37.8 Å². The molecule has 0 unspecified atom stereocenters. The molecule has 0 radical (unpaired) electrons. The van der Waals surface area contributed by atoms with Gasteiger partial charge in [-0.15, -0.1) is 23.1 Å². The van der Waals surface area contributed by atoms with E-state index in [0.29, 0.717) is 0 Å². The van der Waals surface area contributed by atoms with Crippen LogP contribution in [0.2, 0.25) is 0 Å². The Labute approximate surface area is 177 Å². The molecule has 3 nitrogen and oxygen atoms in total. The van der Waals surface area contributed by atoms with Crippen LogP contribution in [0.5, 0.6) is 0 Å². The molecule has 1 aromatic heterocycles. The van der Waals surface area contributed by atoms with E-state index in [0.717, 1.165) is 30.4 Å². The first-order chi connectivity index (χ1) is 13.2. The van der Waals surface area contributed by atoms with Gasteiger partial charge in [-0.1, -0.05) is 12.1 Å². The number of anilines is 1. The first-order valence-corrected chi connectivity index (χ1v) is 12.3. The molecule has 146 valence electrons. The maximum absolute atomic E-state index is 5.81. The number of thiophene rings is 1. The average molecular weight is 421 g/mol. The second-order valence-corrected chi connectivity index (χ2v) is 9.38. The van der Waals surface area contributed by atoms with Crippen LogP contribution >= 0.6 is 35.3 Å². The van der Waals surface area contributed by atoms with Gasteiger partial charge < -0.3 is 15.1 Å². The van der Waals surface area contributed by atoms with Crippen molar-refractivity contribution >= 4 is 46.1 Å². The summed E-state index contributed by atoms with van der Waals surface area (Å²) in [4.78, 5) is 6.69. The minimum absolute atomic E-state index is 0.830. The van der Waals surface area contributed by atoms with E-state index in [4.69, 9.17) is 12.2 Å². The van der Waals surface area contributed by atoms with Gasteiger partial charge in [0.15, 0.2) is 5.11 Å². The van der Waals surface area contributed by atoms with Crippen molar-refractivity contribution in [1.82, 2.24) is 4.90 Å². The Kier molecular flexibility index (Phi) is 8.45. The zero-order chi connectivity index (χ0) is 18.9. The monoisotopic (exact) mass is 420 g/mol. The number of likely N-dealkylation sites (tertiary alicyclic amines) is 1. The molecule has 2 heterocycles. The smallest absolute Gasteiger partial charge is 0.173 e. The lowest BCUT2D eigenvalue weighted by molar-refractivity contribution is -0.898. The molecule has 0 atom stereocenters. The van der Waals surface area contributed by atoms with Crippen molar-refractivity contribution in [2.24, 2.45) is 0 Å². The number of rotatable bonds is 7. The van der Waals surface area contributed by atoms with Gasteiger partial charge in [-0.3, -0.25) is 0 Å². The highest BCUT2D eigenvalue weighted by molar-refractivity contribution is 7.98. The lowest BCUT2D eigenvalue weighted by Gasteiger charge is -2.27. The molecule has 0 spiro atoms. The molecule has 3 rings (SSSR count). The maximum Gasteiger partial charge on any atom is 0.173 e. The fourth-order valence-corrected chi connectivity index (χ4v) is 4.97. The summed E-state index contributed by atoms with van der Waals surface area (Å²) < 4.78 is 0. The summed E-state index contributed by atoms with van der Waals surface area (Å²) in [6.07, 6.45) is 7.63. The predicted octanol–water partition coefficient (Wildman–Crippen LogP) is 4.13. The van der Waals surface area contributed by atoms with Crippen molar-refractivity contribution in [3.63, 3.8) is 0 Å². The van der Waals surface area contributed by atoms with Gasteiger partial charge in [0.1, 0.15) is 0 Å². The molecule has 1 saturated heterocycles. The second-order valence-electron chi connectivity index (χ2n) is 7.08. The van der Waals surface area contributed by atoms with Crippen molar-refractivity contribution in [1.29, 1.82) is 0 Å². The number of thioether (sulfide) groups is 1. The summed E-state index contributed by atoms with van der Waals surface area (Å²) in [5, 5.41) is 6.44. The Balaban J connectivity index is 1.63. The molecular formula is C21H30N3S3+. The zero-order valence-electron chi connectivity index (χ0n) is 16.1. The number of hydrogen-bond donors (Lipinski definition) is 2. The van der Waals surface area contributed by atoms with Crippen LogP contribution in [0, 0.1) is 0 Å². The molecule has 1 aliphatic heterocycles. The average Bonchev–Trinajstić information content (AvgIpc) is 3.06. The first kappa shape index (κ1) is 20.6. The Hall–Kier alpha value is -1.08. The van der Waals surface area contributed by atoms with Crippen LogP contribution in [-0.4, -0.2) is 42.4 Å². The Morgan fingerprint density at radius 3 is 2.70 bits per heavy atom. The van der Waals surface area contributed by atoms with E-state index in [1.54, 1.807) is 28.0 Å². The highest BCUT2D eigenvalue weighted by Crippen LogP contribution is 2.20. The summed E-state index contributed by atoms with van der Waals surface area (Å²) in [5.74, 6) is 0. The van der Waals surface area contributed by atoms with Crippen LogP contribution < -0.4 is 10.2 Å². The van der Waals surface area contributed by atoms with Crippen LogP contribution in [0.1, 0.15) is 30.6 Å². The summed E-state index contributed by atoms with van der Waals surface area (Å²) in [6.45, 7) is 5.67. The van der Waals surface area contributed by atoms with Crippen LogP contribution in [0.15, 0.2) is 46.7 Å². The third-order valence-corrected chi connectivity index (χ3v) is 7.03. The number of quaternary nitrogens is 1. The van der Waals surface area contributed by atoms with Gasteiger partial charge in [0.25, 0.3) is 0 Å². The highest BCUT2D eigenvalue weighted by atomic mass is 32.2. The largest absolute Gasteiger partial charge is 0.338 e. The van der Waals surface area contributed by atoms with Gasteiger partial charge in [-0.2, -0.15) is 0 Å². The van der Waals surface area contributed by atoms with Gasteiger partial charge in [-0.25, -0.2) is 0 Å². The van der Waals surface area contributed by atoms with E-state index < -0.39 is 0 Å².